The Kier molecular flexibility index (Phi) is 6.01. The second kappa shape index (κ2) is 7.99. The average Bonchev–Trinajstić information content (AvgIpc) is 2.52. The highest BCUT2D eigenvalue weighted by molar-refractivity contribution is 5.35. The van der Waals surface area contributed by atoms with Gasteiger partial charge in [0.15, 0.2) is 0 Å². The van der Waals surface area contributed by atoms with Crippen LogP contribution in [0.1, 0.15) is 30.2 Å². The van der Waals surface area contributed by atoms with E-state index in [1.807, 2.05) is 0 Å². The first-order valence-electron chi connectivity index (χ1n) is 7.18. The molecule has 0 bridgehead atoms. The summed E-state index contributed by atoms with van der Waals surface area (Å²) in [5.74, 6) is -0.418. The van der Waals surface area contributed by atoms with Gasteiger partial charge in [0.05, 0.1) is 6.10 Å². The van der Waals surface area contributed by atoms with Crippen LogP contribution in [-0.4, -0.2) is 18.3 Å². The predicted octanol–water partition coefficient (Wildman–Crippen LogP) is 3.81. The van der Waals surface area contributed by atoms with Crippen molar-refractivity contribution in [1.29, 1.82) is 0 Å². The summed E-state index contributed by atoms with van der Waals surface area (Å²) >= 11 is 0. The Hall–Kier alpha value is -2.05. The highest BCUT2D eigenvalue weighted by Gasteiger charge is 2.17. The Morgan fingerprint density at radius 3 is 2.30 bits per heavy atom. The molecule has 6 heteroatoms. The molecule has 0 heterocycles. The number of hydrogen-bond donors (Lipinski definition) is 2. The van der Waals surface area contributed by atoms with Crippen molar-refractivity contribution in [1.82, 2.24) is 5.32 Å². The molecule has 0 amide bonds. The molecule has 0 fully saturated rings. The van der Waals surface area contributed by atoms with Crippen LogP contribution in [0.25, 0.3) is 0 Å². The van der Waals surface area contributed by atoms with E-state index in [1.54, 1.807) is 37.3 Å². The molecule has 2 aromatic carbocycles. The number of aliphatic hydroxyl groups is 1. The standard InChI is InChI=1S/C17H18F3NO2/c1-11(12-6-3-5-9-16(12)23-17(19)20)21-10-15(22)13-7-2-4-8-14(13)18/h2-9,11,15,17,21-22H,10H2,1H3. The van der Waals surface area contributed by atoms with Crippen LogP contribution in [0.2, 0.25) is 0 Å². The van der Waals surface area contributed by atoms with Crippen LogP contribution < -0.4 is 10.1 Å². The maximum Gasteiger partial charge on any atom is 0.387 e. The maximum atomic E-state index is 13.6. The lowest BCUT2D eigenvalue weighted by Gasteiger charge is -2.20. The number of halogens is 3. The summed E-state index contributed by atoms with van der Waals surface area (Å²) in [6, 6.07) is 12.0. The second-order valence-electron chi connectivity index (χ2n) is 5.08. The summed E-state index contributed by atoms with van der Waals surface area (Å²) < 4.78 is 42.9. The first-order chi connectivity index (χ1) is 11.0. The van der Waals surface area contributed by atoms with E-state index in [2.05, 4.69) is 10.1 Å². The summed E-state index contributed by atoms with van der Waals surface area (Å²) in [5, 5.41) is 13.1. The van der Waals surface area contributed by atoms with Crippen LogP contribution in [-0.2, 0) is 0 Å². The van der Waals surface area contributed by atoms with E-state index in [0.717, 1.165) is 0 Å². The van der Waals surface area contributed by atoms with Gasteiger partial charge in [-0.05, 0) is 19.1 Å². The lowest BCUT2D eigenvalue weighted by atomic mass is 10.1. The maximum absolute atomic E-state index is 13.6. The zero-order chi connectivity index (χ0) is 16.8. The van der Waals surface area contributed by atoms with Crippen molar-refractivity contribution in [2.75, 3.05) is 6.54 Å². The first-order valence-corrected chi connectivity index (χ1v) is 7.18. The lowest BCUT2D eigenvalue weighted by Crippen LogP contribution is -2.25. The third-order valence-electron chi connectivity index (χ3n) is 3.48. The van der Waals surface area contributed by atoms with Crippen LogP contribution in [0.3, 0.4) is 0 Å². The molecule has 2 aromatic rings. The van der Waals surface area contributed by atoms with Crippen LogP contribution in [0.15, 0.2) is 48.5 Å². The van der Waals surface area contributed by atoms with Gasteiger partial charge in [-0.3, -0.25) is 0 Å². The first kappa shape index (κ1) is 17.3. The van der Waals surface area contributed by atoms with Crippen molar-refractivity contribution < 1.29 is 23.0 Å². The number of nitrogens with one attached hydrogen (secondary N) is 1. The van der Waals surface area contributed by atoms with Gasteiger partial charge in [0.1, 0.15) is 11.6 Å². The molecule has 0 saturated carbocycles. The lowest BCUT2D eigenvalue weighted by molar-refractivity contribution is -0.0507. The van der Waals surface area contributed by atoms with Gasteiger partial charge in [0.2, 0.25) is 0 Å². The Balaban J connectivity index is 2.02. The predicted molar refractivity (Wildman–Crippen MR) is 80.9 cm³/mol. The molecule has 0 aliphatic carbocycles. The molecule has 0 saturated heterocycles. The molecule has 2 atom stereocenters. The fraction of sp³-hybridized carbons (Fsp3) is 0.294. The second-order valence-corrected chi connectivity index (χ2v) is 5.08. The number of alkyl halides is 2. The van der Waals surface area contributed by atoms with Crippen molar-refractivity contribution >= 4 is 0 Å². The van der Waals surface area contributed by atoms with Crippen LogP contribution in [0.5, 0.6) is 5.75 Å². The summed E-state index contributed by atoms with van der Waals surface area (Å²) in [6.07, 6.45) is -1.04. The Morgan fingerprint density at radius 1 is 1.04 bits per heavy atom. The number of ether oxygens (including phenoxy) is 1. The molecule has 0 spiro atoms. The molecule has 124 valence electrons. The number of benzene rings is 2. The zero-order valence-electron chi connectivity index (χ0n) is 12.5. The van der Waals surface area contributed by atoms with Crippen molar-refractivity contribution in [3.8, 4) is 5.75 Å². The van der Waals surface area contributed by atoms with Crippen LogP contribution in [0.4, 0.5) is 13.2 Å². The van der Waals surface area contributed by atoms with Gasteiger partial charge in [-0.2, -0.15) is 8.78 Å². The fourth-order valence-electron chi connectivity index (χ4n) is 2.30. The number of hydrogen-bond acceptors (Lipinski definition) is 3. The van der Waals surface area contributed by atoms with Gasteiger partial charge in [0, 0.05) is 23.7 Å². The van der Waals surface area contributed by atoms with E-state index < -0.39 is 18.5 Å². The topological polar surface area (TPSA) is 41.5 Å². The average molecular weight is 325 g/mol. The minimum Gasteiger partial charge on any atom is -0.434 e. The van der Waals surface area contributed by atoms with E-state index in [1.165, 1.54) is 18.2 Å². The normalized spacial score (nSPS) is 13.8. The molecule has 2 rings (SSSR count). The van der Waals surface area contributed by atoms with Crippen molar-refractivity contribution in [3.05, 3.63) is 65.5 Å². The largest absolute Gasteiger partial charge is 0.434 e. The van der Waals surface area contributed by atoms with Crippen LogP contribution >= 0.6 is 0 Å². The van der Waals surface area contributed by atoms with E-state index in [4.69, 9.17) is 0 Å². The van der Waals surface area contributed by atoms with E-state index in [0.29, 0.717) is 5.56 Å². The number of rotatable bonds is 7. The minimum atomic E-state index is -2.91. The van der Waals surface area contributed by atoms with Gasteiger partial charge in [0.25, 0.3) is 0 Å². The summed E-state index contributed by atoms with van der Waals surface area (Å²) in [5.41, 5.74) is 0.720. The molecule has 2 unspecified atom stereocenters. The van der Waals surface area contributed by atoms with E-state index in [9.17, 15) is 18.3 Å². The number of para-hydroxylation sites is 1. The SMILES string of the molecule is CC(NCC(O)c1ccccc1F)c1ccccc1OC(F)F. The quantitative estimate of drug-likeness (QED) is 0.813. The Bertz CT molecular complexity index is 637. The summed E-state index contributed by atoms with van der Waals surface area (Å²) in [6.45, 7) is -1.08. The summed E-state index contributed by atoms with van der Waals surface area (Å²) in [7, 11) is 0. The fourth-order valence-corrected chi connectivity index (χ4v) is 2.30. The highest BCUT2D eigenvalue weighted by atomic mass is 19.3. The zero-order valence-corrected chi connectivity index (χ0v) is 12.5. The third-order valence-corrected chi connectivity index (χ3v) is 3.48. The molecule has 0 aliphatic rings. The molecule has 23 heavy (non-hydrogen) atoms. The molecule has 0 aromatic heterocycles. The van der Waals surface area contributed by atoms with E-state index >= 15 is 0 Å². The molecule has 0 radical (unpaired) electrons. The molecule has 0 aliphatic heterocycles. The van der Waals surface area contributed by atoms with Crippen molar-refractivity contribution in [3.63, 3.8) is 0 Å². The smallest absolute Gasteiger partial charge is 0.387 e. The Morgan fingerprint density at radius 2 is 1.65 bits per heavy atom. The molecular weight excluding hydrogens is 307 g/mol. The van der Waals surface area contributed by atoms with Gasteiger partial charge in [-0.25, -0.2) is 4.39 Å². The van der Waals surface area contributed by atoms with Gasteiger partial charge in [-0.15, -0.1) is 0 Å². The van der Waals surface area contributed by atoms with Gasteiger partial charge >= 0.3 is 6.61 Å². The van der Waals surface area contributed by atoms with Gasteiger partial charge in [-0.1, -0.05) is 36.4 Å². The Labute approximate surface area is 132 Å². The van der Waals surface area contributed by atoms with Gasteiger partial charge < -0.3 is 15.2 Å². The monoisotopic (exact) mass is 325 g/mol. The number of aliphatic hydroxyl groups excluding tert-OH is 1. The minimum absolute atomic E-state index is 0.0721. The van der Waals surface area contributed by atoms with E-state index in [-0.39, 0.29) is 23.9 Å². The van der Waals surface area contributed by atoms with Crippen LogP contribution in [0, 0.1) is 5.82 Å². The third kappa shape index (κ3) is 4.71. The van der Waals surface area contributed by atoms with Crippen molar-refractivity contribution in [2.45, 2.75) is 25.7 Å². The molecular formula is C17H18F3NO2. The summed E-state index contributed by atoms with van der Waals surface area (Å²) in [4.78, 5) is 0. The highest BCUT2D eigenvalue weighted by Crippen LogP contribution is 2.26. The molecule has 2 N–H and O–H groups in total. The van der Waals surface area contributed by atoms with Crippen molar-refractivity contribution in [2.24, 2.45) is 0 Å². The molecule has 3 nitrogen and oxygen atoms in total.